The Kier molecular flexibility index (Phi) is 11.7. The fourth-order valence-electron chi connectivity index (χ4n) is 1.44. The van der Waals surface area contributed by atoms with E-state index in [2.05, 4.69) is 6.07 Å². The molecule has 0 aromatic heterocycles. The van der Waals surface area contributed by atoms with Gasteiger partial charge in [-0.3, -0.25) is 0 Å². The summed E-state index contributed by atoms with van der Waals surface area (Å²) in [5.41, 5.74) is 0. The third-order valence-electron chi connectivity index (χ3n) is 2.35. The topological polar surface area (TPSA) is 93.1 Å². The lowest BCUT2D eigenvalue weighted by atomic mass is 10.3. The van der Waals surface area contributed by atoms with E-state index in [0.717, 1.165) is 0 Å². The summed E-state index contributed by atoms with van der Waals surface area (Å²) in [6.07, 6.45) is 1.03. The zero-order valence-corrected chi connectivity index (χ0v) is 11.3. The van der Waals surface area contributed by atoms with Gasteiger partial charge in [0.2, 0.25) is 0 Å². The second-order valence-electron chi connectivity index (χ2n) is 4.05. The summed E-state index contributed by atoms with van der Waals surface area (Å²) in [5, 5.41) is 25.4. The number of nitriles is 3. The lowest BCUT2D eigenvalue weighted by molar-refractivity contribution is -0.0264. The Morgan fingerprint density at radius 1 is 1.00 bits per heavy atom. The average molecular weight is 264 g/mol. The number of nitrogens with zero attached hydrogens (tertiary/aromatic N) is 4. The summed E-state index contributed by atoms with van der Waals surface area (Å²) in [6, 6.07) is 6.12. The Morgan fingerprint density at radius 2 is 1.63 bits per heavy atom. The van der Waals surface area contributed by atoms with Gasteiger partial charge in [-0.05, 0) is 7.05 Å². The second kappa shape index (κ2) is 12.8. The summed E-state index contributed by atoms with van der Waals surface area (Å²) in [5.74, 6) is 0. The molecule has 1 unspecified atom stereocenters. The van der Waals surface area contributed by atoms with Crippen molar-refractivity contribution in [1.82, 2.24) is 4.90 Å². The molecule has 0 fully saturated rings. The van der Waals surface area contributed by atoms with Crippen LogP contribution in [0.3, 0.4) is 0 Å². The van der Waals surface area contributed by atoms with Crippen LogP contribution in [0.15, 0.2) is 0 Å². The number of likely N-dealkylation sites (N-methyl/N-ethyl adjacent to an activating group) is 1. The van der Waals surface area contributed by atoms with E-state index in [0.29, 0.717) is 52.2 Å². The van der Waals surface area contributed by atoms with Gasteiger partial charge in [0.25, 0.3) is 0 Å². The van der Waals surface area contributed by atoms with E-state index in [9.17, 15) is 0 Å². The Labute approximate surface area is 114 Å². The molecule has 0 heterocycles. The van der Waals surface area contributed by atoms with Crippen LogP contribution in [0.1, 0.15) is 19.3 Å². The molecule has 0 spiro atoms. The van der Waals surface area contributed by atoms with Crippen molar-refractivity contribution in [3.8, 4) is 18.2 Å². The first-order chi connectivity index (χ1) is 9.24. The number of rotatable bonds is 11. The lowest BCUT2D eigenvalue weighted by Gasteiger charge is -2.23. The first kappa shape index (κ1) is 17.4. The van der Waals surface area contributed by atoms with Gasteiger partial charge in [0, 0.05) is 19.5 Å². The summed E-state index contributed by atoms with van der Waals surface area (Å²) in [4.78, 5) is 1.99. The summed E-state index contributed by atoms with van der Waals surface area (Å²) < 4.78 is 10.9. The minimum absolute atomic E-state index is 0.143. The zero-order chi connectivity index (χ0) is 14.3. The van der Waals surface area contributed by atoms with Crippen molar-refractivity contribution >= 4 is 0 Å². The summed E-state index contributed by atoms with van der Waals surface area (Å²) in [6.45, 7) is 2.46. The molecule has 0 saturated carbocycles. The molecule has 6 nitrogen and oxygen atoms in total. The van der Waals surface area contributed by atoms with Crippen LogP contribution < -0.4 is 0 Å². The highest BCUT2D eigenvalue weighted by atomic mass is 16.5. The third-order valence-corrected chi connectivity index (χ3v) is 2.35. The van der Waals surface area contributed by atoms with Crippen LogP contribution in [0.25, 0.3) is 0 Å². The van der Waals surface area contributed by atoms with E-state index in [1.54, 1.807) is 0 Å². The van der Waals surface area contributed by atoms with Gasteiger partial charge in [-0.1, -0.05) is 0 Å². The van der Waals surface area contributed by atoms with Gasteiger partial charge in [0.15, 0.2) is 0 Å². The van der Waals surface area contributed by atoms with Gasteiger partial charge in [0.05, 0.1) is 57.0 Å². The van der Waals surface area contributed by atoms with E-state index < -0.39 is 0 Å². The van der Waals surface area contributed by atoms with Crippen LogP contribution >= 0.6 is 0 Å². The van der Waals surface area contributed by atoms with Gasteiger partial charge in [-0.15, -0.1) is 0 Å². The highest BCUT2D eigenvalue weighted by Gasteiger charge is 2.12. The number of hydrogen-bond acceptors (Lipinski definition) is 6. The molecule has 0 aliphatic rings. The fraction of sp³-hybridized carbons (Fsp3) is 0.769. The van der Waals surface area contributed by atoms with E-state index in [1.807, 2.05) is 24.1 Å². The molecular weight excluding hydrogens is 244 g/mol. The monoisotopic (exact) mass is 264 g/mol. The molecule has 0 aromatic rings. The van der Waals surface area contributed by atoms with Crippen LogP contribution in [0.2, 0.25) is 0 Å². The van der Waals surface area contributed by atoms with Crippen molar-refractivity contribution in [2.75, 3.05) is 40.0 Å². The van der Waals surface area contributed by atoms with Gasteiger partial charge in [-0.25, -0.2) is 0 Å². The minimum Gasteiger partial charge on any atom is -0.378 e. The van der Waals surface area contributed by atoms with Crippen molar-refractivity contribution in [2.24, 2.45) is 0 Å². The molecule has 0 aromatic carbocycles. The Bertz CT molecular complexity index is 340. The maximum absolute atomic E-state index is 8.52. The SMILES string of the molecule is CN(CCC#N)CC(COCCC#N)OCCC#N. The van der Waals surface area contributed by atoms with E-state index >= 15 is 0 Å². The molecule has 1 atom stereocenters. The third kappa shape index (κ3) is 11.2. The van der Waals surface area contributed by atoms with Crippen LogP contribution in [0.4, 0.5) is 0 Å². The smallest absolute Gasteiger partial charge is 0.0935 e. The van der Waals surface area contributed by atoms with E-state index in [4.69, 9.17) is 25.3 Å². The first-order valence-electron chi connectivity index (χ1n) is 6.23. The minimum atomic E-state index is -0.143. The maximum Gasteiger partial charge on any atom is 0.0935 e. The second-order valence-corrected chi connectivity index (χ2v) is 4.05. The van der Waals surface area contributed by atoms with Gasteiger partial charge < -0.3 is 14.4 Å². The molecule has 6 heteroatoms. The molecule has 0 bridgehead atoms. The van der Waals surface area contributed by atoms with E-state index in [-0.39, 0.29) is 6.10 Å². The Morgan fingerprint density at radius 3 is 2.26 bits per heavy atom. The Balaban J connectivity index is 3.99. The van der Waals surface area contributed by atoms with Crippen LogP contribution in [0.5, 0.6) is 0 Å². The quantitative estimate of drug-likeness (QED) is 0.518. The number of ether oxygens (including phenoxy) is 2. The largest absolute Gasteiger partial charge is 0.378 e. The predicted molar refractivity (Wildman–Crippen MR) is 68.7 cm³/mol. The molecule has 0 aliphatic carbocycles. The summed E-state index contributed by atoms with van der Waals surface area (Å²) >= 11 is 0. The normalized spacial score (nSPS) is 11.5. The highest BCUT2D eigenvalue weighted by molar-refractivity contribution is 4.74. The molecule has 0 N–H and O–H groups in total. The van der Waals surface area contributed by atoms with Gasteiger partial charge in [0.1, 0.15) is 0 Å². The summed E-state index contributed by atoms with van der Waals surface area (Å²) in [7, 11) is 1.91. The van der Waals surface area contributed by atoms with Crippen molar-refractivity contribution in [1.29, 1.82) is 15.8 Å². The molecule has 104 valence electrons. The van der Waals surface area contributed by atoms with Crippen molar-refractivity contribution < 1.29 is 9.47 Å². The first-order valence-corrected chi connectivity index (χ1v) is 6.23. The fourth-order valence-corrected chi connectivity index (χ4v) is 1.44. The number of hydrogen-bond donors (Lipinski definition) is 0. The Hall–Kier alpha value is -1.65. The standard InChI is InChI=1S/C13H20N4O2/c1-17(8-2-5-14)11-13(19-10-4-7-16)12-18-9-3-6-15/h13H,2-4,8-12H2,1H3. The van der Waals surface area contributed by atoms with Crippen LogP contribution in [0, 0.1) is 34.0 Å². The van der Waals surface area contributed by atoms with Crippen molar-refractivity contribution in [3.05, 3.63) is 0 Å². The van der Waals surface area contributed by atoms with Gasteiger partial charge >= 0.3 is 0 Å². The molecule has 0 rings (SSSR count). The molecule has 0 radical (unpaired) electrons. The lowest BCUT2D eigenvalue weighted by Crippen LogP contribution is -2.35. The van der Waals surface area contributed by atoms with Crippen LogP contribution in [-0.4, -0.2) is 51.0 Å². The van der Waals surface area contributed by atoms with E-state index in [1.165, 1.54) is 0 Å². The highest BCUT2D eigenvalue weighted by Crippen LogP contribution is 2.00. The predicted octanol–water partition coefficient (Wildman–Crippen LogP) is 1.06. The van der Waals surface area contributed by atoms with Crippen LogP contribution in [-0.2, 0) is 9.47 Å². The van der Waals surface area contributed by atoms with Gasteiger partial charge in [-0.2, -0.15) is 15.8 Å². The van der Waals surface area contributed by atoms with Crippen molar-refractivity contribution in [2.45, 2.75) is 25.4 Å². The molecule has 0 amide bonds. The average Bonchev–Trinajstić information content (AvgIpc) is 2.41. The molecule has 19 heavy (non-hydrogen) atoms. The molecule has 0 saturated heterocycles. The van der Waals surface area contributed by atoms with Crippen molar-refractivity contribution in [3.63, 3.8) is 0 Å². The molecular formula is C13H20N4O2. The maximum atomic E-state index is 8.52. The zero-order valence-electron chi connectivity index (χ0n) is 11.3. The molecule has 0 aliphatic heterocycles.